The molecule has 0 bridgehead atoms. The normalized spacial score (nSPS) is 12.7. The van der Waals surface area contributed by atoms with Gasteiger partial charge in [0.1, 0.15) is 23.1 Å². The topological polar surface area (TPSA) is 144 Å². The number of aromatic nitrogens is 7. The molecule has 12 heteroatoms. The lowest BCUT2D eigenvalue weighted by atomic mass is 9.94. The highest BCUT2D eigenvalue weighted by Crippen LogP contribution is 2.32. The molecule has 1 atom stereocenters. The average molecular weight is 595 g/mol. The van der Waals surface area contributed by atoms with Crippen molar-refractivity contribution in [2.24, 2.45) is 5.41 Å². The fraction of sp³-hybridized carbons (Fsp3) is 0.281. The summed E-state index contributed by atoms with van der Waals surface area (Å²) in [4.78, 5) is 24.1. The third kappa shape index (κ3) is 6.08. The van der Waals surface area contributed by atoms with Gasteiger partial charge in [-0.15, -0.1) is 0 Å². The number of H-pyrrole nitrogens is 2. The number of fused-ring (bicyclic) bond motifs is 2. The fourth-order valence-corrected chi connectivity index (χ4v) is 4.77. The minimum absolute atomic E-state index is 0.347. The van der Waals surface area contributed by atoms with Crippen LogP contribution < -0.4 is 10.6 Å². The van der Waals surface area contributed by atoms with E-state index in [2.05, 4.69) is 40.7 Å². The molecule has 1 aromatic carbocycles. The predicted molar refractivity (Wildman–Crippen MR) is 172 cm³/mol. The summed E-state index contributed by atoms with van der Waals surface area (Å²) in [5.41, 5.74) is 6.90. The van der Waals surface area contributed by atoms with Crippen molar-refractivity contribution in [3.8, 4) is 34.0 Å². The molecule has 226 valence electrons. The third-order valence-electron chi connectivity index (χ3n) is 7.25. The van der Waals surface area contributed by atoms with Crippen molar-refractivity contribution in [1.82, 2.24) is 40.0 Å². The molecule has 11 nitrogen and oxygen atoms in total. The second-order valence-corrected chi connectivity index (χ2v) is 12.1. The standard InChI is InChI=1S/C32H35FN10O/c1-32(2,3)31(44)37-22-14-19(16-34-17-22)23-6-7-25-28(38-23)29(42-41-25)30-39-24-8-9-36-26(27(24)40-30)18-12-20(33)15-21(13-18)35-10-11-43(4)5/h6-9,12-17,31,35,37,44H,10-11H2,1-5H3,(H,39,40)(H,41,42). The first-order chi connectivity index (χ1) is 21.0. The molecule has 0 aliphatic heterocycles. The number of halogens is 1. The molecular formula is C32H35FN10O. The highest BCUT2D eigenvalue weighted by atomic mass is 19.1. The number of pyridine rings is 3. The summed E-state index contributed by atoms with van der Waals surface area (Å²) in [7, 11) is 3.98. The Balaban J connectivity index is 1.35. The summed E-state index contributed by atoms with van der Waals surface area (Å²) < 4.78 is 14.7. The number of aliphatic hydroxyl groups is 1. The van der Waals surface area contributed by atoms with Crippen LogP contribution in [-0.4, -0.2) is 78.5 Å². The molecule has 0 aliphatic carbocycles. The maximum Gasteiger partial charge on any atom is 0.161 e. The number of nitrogens with one attached hydrogen (secondary N) is 4. The van der Waals surface area contributed by atoms with Crippen LogP contribution >= 0.6 is 0 Å². The number of rotatable bonds is 9. The summed E-state index contributed by atoms with van der Waals surface area (Å²) in [5.74, 6) is 0.147. The maximum atomic E-state index is 14.7. The van der Waals surface area contributed by atoms with Crippen LogP contribution in [0, 0.1) is 11.2 Å². The van der Waals surface area contributed by atoms with E-state index in [1.165, 1.54) is 12.1 Å². The Kier molecular flexibility index (Phi) is 7.70. The van der Waals surface area contributed by atoms with Gasteiger partial charge in [0.15, 0.2) is 11.5 Å². The van der Waals surface area contributed by atoms with E-state index in [1.807, 2.05) is 65.2 Å². The number of aromatic amines is 2. The van der Waals surface area contributed by atoms with Gasteiger partial charge >= 0.3 is 0 Å². The van der Waals surface area contributed by atoms with Crippen LogP contribution in [0.5, 0.6) is 0 Å². The van der Waals surface area contributed by atoms with Crippen LogP contribution in [0.2, 0.25) is 0 Å². The largest absolute Gasteiger partial charge is 0.384 e. The van der Waals surface area contributed by atoms with Gasteiger partial charge in [-0.1, -0.05) is 20.8 Å². The Hall–Kier alpha value is -4.94. The molecule has 0 fully saturated rings. The second kappa shape index (κ2) is 11.6. The number of aliphatic hydroxyl groups excluding tert-OH is 1. The lowest BCUT2D eigenvalue weighted by Crippen LogP contribution is -2.33. The first-order valence-electron chi connectivity index (χ1n) is 14.3. The molecule has 6 rings (SSSR count). The Morgan fingerprint density at radius 1 is 0.932 bits per heavy atom. The molecule has 0 amide bonds. The van der Waals surface area contributed by atoms with Crippen LogP contribution in [0.1, 0.15) is 20.8 Å². The molecule has 0 aliphatic rings. The zero-order chi connectivity index (χ0) is 31.0. The van der Waals surface area contributed by atoms with E-state index in [4.69, 9.17) is 9.97 Å². The highest BCUT2D eigenvalue weighted by molar-refractivity contribution is 5.95. The summed E-state index contributed by atoms with van der Waals surface area (Å²) in [6.45, 7) is 7.35. The van der Waals surface area contributed by atoms with Gasteiger partial charge in [0, 0.05) is 47.7 Å². The highest BCUT2D eigenvalue weighted by Gasteiger charge is 2.22. The summed E-state index contributed by atoms with van der Waals surface area (Å²) in [5, 5.41) is 24.5. The van der Waals surface area contributed by atoms with Gasteiger partial charge in [-0.3, -0.25) is 15.1 Å². The average Bonchev–Trinajstić information content (AvgIpc) is 3.60. The van der Waals surface area contributed by atoms with E-state index >= 15 is 0 Å². The quantitative estimate of drug-likeness (QED) is 0.137. The van der Waals surface area contributed by atoms with Crippen molar-refractivity contribution in [2.45, 2.75) is 27.0 Å². The molecule has 1 unspecified atom stereocenters. The third-order valence-corrected chi connectivity index (χ3v) is 7.25. The SMILES string of the molecule is CN(C)CCNc1cc(F)cc(-c2nccc3[nH]c(-c4n[nH]c5ccc(-c6cncc(NC(O)C(C)(C)C)c6)nc45)nc23)c1. The molecule has 5 heterocycles. The number of likely N-dealkylation sites (N-methyl/N-ethyl adjacent to an activating group) is 1. The van der Waals surface area contributed by atoms with E-state index in [1.54, 1.807) is 18.6 Å². The van der Waals surface area contributed by atoms with Crippen LogP contribution in [0.15, 0.2) is 61.1 Å². The van der Waals surface area contributed by atoms with Crippen LogP contribution in [0.4, 0.5) is 15.8 Å². The number of hydrogen-bond donors (Lipinski definition) is 5. The van der Waals surface area contributed by atoms with Gasteiger partial charge in [0.2, 0.25) is 0 Å². The first-order valence-corrected chi connectivity index (χ1v) is 14.3. The van der Waals surface area contributed by atoms with E-state index in [9.17, 15) is 9.50 Å². The van der Waals surface area contributed by atoms with Crippen molar-refractivity contribution in [3.05, 3.63) is 66.9 Å². The predicted octanol–water partition coefficient (Wildman–Crippen LogP) is 5.51. The second-order valence-electron chi connectivity index (χ2n) is 12.1. The number of benzene rings is 1. The van der Waals surface area contributed by atoms with Crippen LogP contribution in [0.25, 0.3) is 56.1 Å². The molecule has 0 saturated heterocycles. The van der Waals surface area contributed by atoms with Gasteiger partial charge in [0.05, 0.1) is 34.3 Å². The van der Waals surface area contributed by atoms with E-state index in [-0.39, 0.29) is 11.2 Å². The lowest BCUT2D eigenvalue weighted by Gasteiger charge is -2.27. The molecule has 5 N–H and O–H groups in total. The van der Waals surface area contributed by atoms with Crippen LogP contribution in [-0.2, 0) is 0 Å². The lowest BCUT2D eigenvalue weighted by molar-refractivity contribution is 0.0880. The summed E-state index contributed by atoms with van der Waals surface area (Å²) >= 11 is 0. The van der Waals surface area contributed by atoms with Gasteiger partial charge in [-0.2, -0.15) is 5.10 Å². The van der Waals surface area contributed by atoms with Gasteiger partial charge in [0.25, 0.3) is 0 Å². The van der Waals surface area contributed by atoms with Crippen molar-refractivity contribution in [1.29, 1.82) is 0 Å². The zero-order valence-electron chi connectivity index (χ0n) is 25.3. The molecule has 5 aromatic heterocycles. The number of hydrogen-bond acceptors (Lipinski definition) is 9. The Morgan fingerprint density at radius 3 is 2.52 bits per heavy atom. The van der Waals surface area contributed by atoms with Crippen molar-refractivity contribution in [2.75, 3.05) is 37.8 Å². The van der Waals surface area contributed by atoms with Gasteiger partial charge in [-0.05, 0) is 56.6 Å². The molecule has 0 spiro atoms. The Morgan fingerprint density at radius 2 is 1.73 bits per heavy atom. The molecule has 0 radical (unpaired) electrons. The summed E-state index contributed by atoms with van der Waals surface area (Å²) in [6.07, 6.45) is 4.32. The molecule has 0 saturated carbocycles. The van der Waals surface area contributed by atoms with Crippen molar-refractivity contribution in [3.63, 3.8) is 0 Å². The molecular weight excluding hydrogens is 559 g/mol. The maximum absolute atomic E-state index is 14.7. The van der Waals surface area contributed by atoms with E-state index in [0.717, 1.165) is 23.1 Å². The number of nitrogens with zero attached hydrogens (tertiary/aromatic N) is 6. The summed E-state index contributed by atoms with van der Waals surface area (Å²) in [6, 6.07) is 12.3. The minimum atomic E-state index is -0.749. The Bertz CT molecular complexity index is 1940. The zero-order valence-corrected chi connectivity index (χ0v) is 25.3. The Labute approximate surface area is 254 Å². The smallest absolute Gasteiger partial charge is 0.161 e. The van der Waals surface area contributed by atoms with Gasteiger partial charge in [-0.25, -0.2) is 14.4 Å². The monoisotopic (exact) mass is 594 g/mol. The van der Waals surface area contributed by atoms with E-state index < -0.39 is 6.23 Å². The molecule has 44 heavy (non-hydrogen) atoms. The minimum Gasteiger partial charge on any atom is -0.384 e. The number of imidazole rings is 1. The molecule has 6 aromatic rings. The van der Waals surface area contributed by atoms with Crippen LogP contribution in [0.3, 0.4) is 0 Å². The fourth-order valence-electron chi connectivity index (χ4n) is 4.77. The van der Waals surface area contributed by atoms with Gasteiger partial charge < -0.3 is 25.6 Å². The first kappa shape index (κ1) is 29.1. The number of anilines is 2. The van der Waals surface area contributed by atoms with Crippen molar-refractivity contribution >= 4 is 33.4 Å². The van der Waals surface area contributed by atoms with E-state index in [0.29, 0.717) is 57.4 Å². The van der Waals surface area contributed by atoms with Crippen molar-refractivity contribution < 1.29 is 9.50 Å².